The second-order valence-electron chi connectivity index (χ2n) is 5.36. The predicted molar refractivity (Wildman–Crippen MR) is 88.5 cm³/mol. The molecule has 0 spiro atoms. The van der Waals surface area contributed by atoms with Crippen LogP contribution < -0.4 is 0 Å². The smallest absolute Gasteiger partial charge is 0.0270 e. The highest BCUT2D eigenvalue weighted by Gasteiger charge is 2.07. The molecule has 1 rings (SSSR count). The van der Waals surface area contributed by atoms with E-state index in [1.54, 1.807) is 0 Å². The van der Waals surface area contributed by atoms with Crippen LogP contribution in [0.5, 0.6) is 0 Å². The minimum atomic E-state index is 0.272. The number of aromatic nitrogens is 1. The highest BCUT2D eigenvalue weighted by Crippen LogP contribution is 2.38. The molecule has 108 valence electrons. The molecule has 0 aliphatic rings. The van der Waals surface area contributed by atoms with Crippen molar-refractivity contribution in [2.45, 2.75) is 58.8 Å². The fourth-order valence-electron chi connectivity index (χ4n) is 2.34. The van der Waals surface area contributed by atoms with E-state index in [1.165, 1.54) is 69.0 Å². The maximum absolute atomic E-state index is 4.10. The third-order valence-corrected chi connectivity index (χ3v) is 6.38. The Balaban J connectivity index is 2.30. The molecular formula is C17H30NP. The first-order valence-electron chi connectivity index (χ1n) is 7.98. The van der Waals surface area contributed by atoms with E-state index in [1.807, 2.05) is 12.4 Å². The standard InChI is InChI=1S/C17H30NP/c1-3-5-7-14-19(15-8-6-4-2)16-11-17-9-12-18-13-10-17/h9-10,12-13H,3-8,11,14-16H2,1-2H3. The number of aryl methyl sites for hydroxylation is 1. The molecule has 0 fully saturated rings. The summed E-state index contributed by atoms with van der Waals surface area (Å²) in [6.45, 7) is 4.60. The molecule has 0 aromatic carbocycles. The summed E-state index contributed by atoms with van der Waals surface area (Å²) in [5, 5.41) is 0. The quantitative estimate of drug-likeness (QED) is 0.386. The van der Waals surface area contributed by atoms with Crippen LogP contribution in [0.2, 0.25) is 0 Å². The molecule has 0 amide bonds. The summed E-state index contributed by atoms with van der Waals surface area (Å²) < 4.78 is 0. The normalized spacial score (nSPS) is 11.1. The van der Waals surface area contributed by atoms with Crippen molar-refractivity contribution in [1.82, 2.24) is 4.98 Å². The Morgan fingerprint density at radius 2 is 1.42 bits per heavy atom. The van der Waals surface area contributed by atoms with Crippen molar-refractivity contribution in [3.63, 3.8) is 0 Å². The van der Waals surface area contributed by atoms with E-state index in [9.17, 15) is 0 Å². The van der Waals surface area contributed by atoms with Gasteiger partial charge in [0.25, 0.3) is 0 Å². The molecule has 0 unspecified atom stereocenters. The van der Waals surface area contributed by atoms with Gasteiger partial charge < -0.3 is 0 Å². The molecule has 19 heavy (non-hydrogen) atoms. The molecule has 0 aliphatic heterocycles. The topological polar surface area (TPSA) is 12.9 Å². The summed E-state index contributed by atoms with van der Waals surface area (Å²) in [5.41, 5.74) is 1.47. The predicted octanol–water partition coefficient (Wildman–Crippen LogP) is 5.49. The van der Waals surface area contributed by atoms with Gasteiger partial charge in [-0.2, -0.15) is 0 Å². The first kappa shape index (κ1) is 16.6. The summed E-state index contributed by atoms with van der Waals surface area (Å²) in [5.74, 6) is 0. The Morgan fingerprint density at radius 1 is 0.842 bits per heavy atom. The zero-order valence-electron chi connectivity index (χ0n) is 12.8. The van der Waals surface area contributed by atoms with E-state index in [0.29, 0.717) is 0 Å². The fourth-order valence-corrected chi connectivity index (χ4v) is 4.93. The zero-order valence-corrected chi connectivity index (χ0v) is 13.7. The lowest BCUT2D eigenvalue weighted by molar-refractivity contribution is 0.760. The Hall–Kier alpha value is -0.420. The lowest BCUT2D eigenvalue weighted by Crippen LogP contribution is -1.99. The number of unbranched alkanes of at least 4 members (excludes halogenated alkanes) is 4. The van der Waals surface area contributed by atoms with Gasteiger partial charge in [0.05, 0.1) is 0 Å². The third-order valence-electron chi connectivity index (χ3n) is 3.62. The molecule has 0 aliphatic carbocycles. The van der Waals surface area contributed by atoms with Crippen molar-refractivity contribution < 1.29 is 0 Å². The van der Waals surface area contributed by atoms with Crippen LogP contribution in [0.15, 0.2) is 24.5 Å². The molecule has 1 nitrogen and oxygen atoms in total. The summed E-state index contributed by atoms with van der Waals surface area (Å²) in [4.78, 5) is 4.10. The maximum Gasteiger partial charge on any atom is 0.0270 e. The van der Waals surface area contributed by atoms with Gasteiger partial charge in [-0.1, -0.05) is 39.5 Å². The molecule has 0 N–H and O–H groups in total. The van der Waals surface area contributed by atoms with E-state index < -0.39 is 0 Å². The zero-order chi connectivity index (χ0) is 13.8. The second-order valence-corrected chi connectivity index (χ2v) is 8.04. The van der Waals surface area contributed by atoms with Gasteiger partial charge in [-0.15, -0.1) is 7.92 Å². The Kier molecular flexibility index (Phi) is 9.99. The molecular weight excluding hydrogens is 249 g/mol. The van der Waals surface area contributed by atoms with Crippen LogP contribution in [0.1, 0.15) is 57.9 Å². The van der Waals surface area contributed by atoms with Crippen LogP contribution in [0.25, 0.3) is 0 Å². The molecule has 0 saturated carbocycles. The monoisotopic (exact) mass is 279 g/mol. The number of pyridine rings is 1. The number of nitrogens with zero attached hydrogens (tertiary/aromatic N) is 1. The summed E-state index contributed by atoms with van der Waals surface area (Å²) in [6.07, 6.45) is 18.0. The van der Waals surface area contributed by atoms with Gasteiger partial charge in [-0.25, -0.2) is 0 Å². The average molecular weight is 279 g/mol. The van der Waals surface area contributed by atoms with E-state index in [4.69, 9.17) is 0 Å². The fraction of sp³-hybridized carbons (Fsp3) is 0.706. The van der Waals surface area contributed by atoms with Gasteiger partial charge in [0.15, 0.2) is 0 Å². The average Bonchev–Trinajstić information content (AvgIpc) is 2.45. The Labute approximate surface area is 121 Å². The molecule has 1 aromatic rings. The van der Waals surface area contributed by atoms with Gasteiger partial charge in [0.1, 0.15) is 0 Å². The van der Waals surface area contributed by atoms with Crippen molar-refractivity contribution in [1.29, 1.82) is 0 Å². The first-order chi connectivity index (χ1) is 9.36. The van der Waals surface area contributed by atoms with Crippen LogP contribution >= 0.6 is 7.92 Å². The van der Waals surface area contributed by atoms with Crippen LogP contribution in [0.3, 0.4) is 0 Å². The largest absolute Gasteiger partial charge is 0.265 e. The van der Waals surface area contributed by atoms with Crippen LogP contribution in [0, 0.1) is 0 Å². The van der Waals surface area contributed by atoms with Crippen molar-refractivity contribution in [3.8, 4) is 0 Å². The van der Waals surface area contributed by atoms with Crippen LogP contribution in [0.4, 0.5) is 0 Å². The van der Waals surface area contributed by atoms with E-state index in [-0.39, 0.29) is 7.92 Å². The SMILES string of the molecule is CCCCCP(CCCCC)CCc1ccncc1. The van der Waals surface area contributed by atoms with Crippen molar-refractivity contribution in [3.05, 3.63) is 30.1 Å². The van der Waals surface area contributed by atoms with Gasteiger partial charge in [0, 0.05) is 12.4 Å². The van der Waals surface area contributed by atoms with Crippen molar-refractivity contribution >= 4 is 7.92 Å². The summed E-state index contributed by atoms with van der Waals surface area (Å²) in [7, 11) is 0.272. The van der Waals surface area contributed by atoms with Gasteiger partial charge in [-0.05, 0) is 55.4 Å². The van der Waals surface area contributed by atoms with Crippen molar-refractivity contribution in [2.75, 3.05) is 18.5 Å². The van der Waals surface area contributed by atoms with E-state index in [2.05, 4.69) is 31.0 Å². The van der Waals surface area contributed by atoms with Gasteiger partial charge in [0.2, 0.25) is 0 Å². The molecule has 0 bridgehead atoms. The maximum atomic E-state index is 4.10. The number of hydrogen-bond acceptors (Lipinski definition) is 1. The first-order valence-corrected chi connectivity index (χ1v) is 9.87. The minimum Gasteiger partial charge on any atom is -0.265 e. The van der Waals surface area contributed by atoms with Crippen LogP contribution in [-0.4, -0.2) is 23.5 Å². The molecule has 0 atom stereocenters. The molecule has 2 heteroatoms. The van der Waals surface area contributed by atoms with Crippen LogP contribution in [-0.2, 0) is 6.42 Å². The third kappa shape index (κ3) is 8.37. The molecule has 0 radical (unpaired) electrons. The Morgan fingerprint density at radius 3 is 1.95 bits per heavy atom. The van der Waals surface area contributed by atoms with E-state index in [0.717, 1.165) is 0 Å². The van der Waals surface area contributed by atoms with Gasteiger partial charge >= 0.3 is 0 Å². The number of rotatable bonds is 11. The van der Waals surface area contributed by atoms with Crippen molar-refractivity contribution in [2.24, 2.45) is 0 Å². The molecule has 0 saturated heterocycles. The lowest BCUT2D eigenvalue weighted by Gasteiger charge is -2.17. The molecule has 1 heterocycles. The molecule has 1 aromatic heterocycles. The summed E-state index contributed by atoms with van der Waals surface area (Å²) in [6, 6.07) is 4.34. The second kappa shape index (κ2) is 11.4. The summed E-state index contributed by atoms with van der Waals surface area (Å²) >= 11 is 0. The number of hydrogen-bond donors (Lipinski definition) is 0. The highest BCUT2D eigenvalue weighted by molar-refractivity contribution is 7.57. The van der Waals surface area contributed by atoms with E-state index >= 15 is 0 Å². The Bertz CT molecular complexity index is 289. The van der Waals surface area contributed by atoms with Gasteiger partial charge in [-0.3, -0.25) is 4.98 Å². The highest BCUT2D eigenvalue weighted by atomic mass is 31.1. The lowest BCUT2D eigenvalue weighted by atomic mass is 10.2. The minimum absolute atomic E-state index is 0.272.